The molecule has 5 nitrogen and oxygen atoms in total. The number of rotatable bonds is 7. The molecule has 0 aliphatic carbocycles. The van der Waals surface area contributed by atoms with Gasteiger partial charge in [-0.25, -0.2) is 0 Å². The fourth-order valence-electron chi connectivity index (χ4n) is 2.45. The van der Waals surface area contributed by atoms with Gasteiger partial charge in [0.1, 0.15) is 6.04 Å². The van der Waals surface area contributed by atoms with Crippen LogP contribution in [0, 0.1) is 5.92 Å². The van der Waals surface area contributed by atoms with E-state index in [2.05, 4.69) is 22.2 Å². The average molecular weight is 257 g/mol. The van der Waals surface area contributed by atoms with Crippen molar-refractivity contribution in [3.8, 4) is 0 Å². The Labute approximate surface area is 110 Å². The Bertz CT molecular complexity index is 253. The molecule has 1 fully saturated rings. The Hall–Kier alpha value is -0.650. The fraction of sp³-hybridized carbons (Fsp3) is 0.923. The maximum Gasteiger partial charge on any atom is 0.322 e. The molecule has 1 aliphatic rings. The van der Waals surface area contributed by atoms with Crippen LogP contribution in [0.2, 0.25) is 0 Å². The van der Waals surface area contributed by atoms with Crippen LogP contribution in [0.3, 0.4) is 0 Å². The summed E-state index contributed by atoms with van der Waals surface area (Å²) in [5.74, 6) is 0.0326. The van der Waals surface area contributed by atoms with Crippen LogP contribution in [0.15, 0.2) is 0 Å². The van der Waals surface area contributed by atoms with Crippen molar-refractivity contribution >= 4 is 5.97 Å². The second-order valence-electron chi connectivity index (χ2n) is 5.48. The van der Waals surface area contributed by atoms with Gasteiger partial charge in [0.15, 0.2) is 0 Å². The molecule has 1 unspecified atom stereocenters. The van der Waals surface area contributed by atoms with Crippen molar-refractivity contribution in [3.63, 3.8) is 0 Å². The molecule has 18 heavy (non-hydrogen) atoms. The van der Waals surface area contributed by atoms with Crippen molar-refractivity contribution in [2.75, 3.05) is 47.3 Å². The minimum atomic E-state index is -0.774. The zero-order valence-electron chi connectivity index (χ0n) is 11.9. The zero-order valence-corrected chi connectivity index (χ0v) is 11.9. The Balaban J connectivity index is 2.20. The molecular weight excluding hydrogens is 230 g/mol. The molecule has 1 heterocycles. The van der Waals surface area contributed by atoms with Crippen molar-refractivity contribution < 1.29 is 9.90 Å². The molecule has 106 valence electrons. The Kier molecular flexibility index (Phi) is 6.60. The lowest BCUT2D eigenvalue weighted by Crippen LogP contribution is -2.44. The maximum atomic E-state index is 10.9. The first-order valence-electron chi connectivity index (χ1n) is 6.80. The van der Waals surface area contributed by atoms with Crippen molar-refractivity contribution in [2.45, 2.75) is 25.3 Å². The Morgan fingerprint density at radius 3 is 2.61 bits per heavy atom. The molecule has 0 aromatic rings. The fourth-order valence-corrected chi connectivity index (χ4v) is 2.45. The van der Waals surface area contributed by atoms with Crippen LogP contribution in [0.5, 0.6) is 0 Å². The van der Waals surface area contributed by atoms with E-state index >= 15 is 0 Å². The predicted molar refractivity (Wildman–Crippen MR) is 72.8 cm³/mol. The smallest absolute Gasteiger partial charge is 0.322 e. The first kappa shape index (κ1) is 15.4. The number of nitrogens with zero attached hydrogens (tertiary/aromatic N) is 2. The van der Waals surface area contributed by atoms with Gasteiger partial charge in [-0.2, -0.15) is 0 Å². The van der Waals surface area contributed by atoms with E-state index in [-0.39, 0.29) is 0 Å². The van der Waals surface area contributed by atoms with E-state index in [0.29, 0.717) is 6.54 Å². The molecule has 1 aliphatic heterocycles. The van der Waals surface area contributed by atoms with Gasteiger partial charge < -0.3 is 20.2 Å². The average Bonchev–Trinajstić information content (AvgIpc) is 2.35. The highest BCUT2D eigenvalue weighted by Gasteiger charge is 2.19. The van der Waals surface area contributed by atoms with Crippen LogP contribution < -0.4 is 5.32 Å². The third-order valence-corrected chi connectivity index (χ3v) is 3.90. The molecule has 0 radical (unpaired) electrons. The van der Waals surface area contributed by atoms with Crippen LogP contribution in [-0.4, -0.2) is 74.2 Å². The lowest BCUT2D eigenvalue weighted by molar-refractivity contribution is -0.139. The third-order valence-electron chi connectivity index (χ3n) is 3.90. The normalized spacial score (nSPS) is 20.2. The van der Waals surface area contributed by atoms with Crippen LogP contribution >= 0.6 is 0 Å². The highest BCUT2D eigenvalue weighted by molar-refractivity contribution is 5.73. The largest absolute Gasteiger partial charge is 0.480 e. The number of carboxylic acid groups (broad SMARTS) is 1. The first-order chi connectivity index (χ1) is 8.52. The van der Waals surface area contributed by atoms with E-state index in [1.807, 2.05) is 7.05 Å². The first-order valence-corrected chi connectivity index (χ1v) is 6.80. The molecule has 1 rings (SSSR count). The summed E-state index contributed by atoms with van der Waals surface area (Å²) in [5, 5.41) is 11.8. The summed E-state index contributed by atoms with van der Waals surface area (Å²) < 4.78 is 0. The zero-order chi connectivity index (χ0) is 13.5. The maximum absolute atomic E-state index is 10.9. The van der Waals surface area contributed by atoms with Crippen LogP contribution in [0.4, 0.5) is 0 Å². The minimum absolute atomic E-state index is 0.465. The molecule has 0 spiro atoms. The standard InChI is InChI=1S/C13H27N3O2/c1-14-12(13(17)18)10-16(3)9-6-11-4-7-15(2)8-5-11/h11-12,14H,4-10H2,1-3H3,(H,17,18). The highest BCUT2D eigenvalue weighted by Crippen LogP contribution is 2.19. The summed E-state index contributed by atoms with van der Waals surface area (Å²) in [6.07, 6.45) is 3.73. The number of carboxylic acids is 1. The van der Waals surface area contributed by atoms with E-state index in [0.717, 1.165) is 12.5 Å². The summed E-state index contributed by atoms with van der Waals surface area (Å²) in [5.41, 5.74) is 0. The van der Waals surface area contributed by atoms with Gasteiger partial charge in [0.25, 0.3) is 0 Å². The number of likely N-dealkylation sites (N-methyl/N-ethyl adjacent to an activating group) is 2. The number of hydrogen-bond donors (Lipinski definition) is 2. The predicted octanol–water partition coefficient (Wildman–Crippen LogP) is 0.323. The van der Waals surface area contributed by atoms with E-state index in [4.69, 9.17) is 5.11 Å². The van der Waals surface area contributed by atoms with Crippen LogP contribution in [0.1, 0.15) is 19.3 Å². The van der Waals surface area contributed by atoms with E-state index in [1.165, 1.54) is 32.4 Å². The molecule has 5 heteroatoms. The second-order valence-corrected chi connectivity index (χ2v) is 5.48. The molecule has 1 saturated heterocycles. The van der Waals surface area contributed by atoms with Gasteiger partial charge in [-0.05, 0) is 66.0 Å². The van der Waals surface area contributed by atoms with Crippen molar-refractivity contribution in [1.82, 2.24) is 15.1 Å². The van der Waals surface area contributed by atoms with Gasteiger partial charge in [0.05, 0.1) is 0 Å². The van der Waals surface area contributed by atoms with Gasteiger partial charge in [-0.3, -0.25) is 4.79 Å². The molecule has 0 aromatic heterocycles. The molecule has 2 N–H and O–H groups in total. The molecule has 1 atom stereocenters. The minimum Gasteiger partial charge on any atom is -0.480 e. The molecular formula is C13H27N3O2. The monoisotopic (exact) mass is 257 g/mol. The number of nitrogens with one attached hydrogen (secondary N) is 1. The molecule has 0 aromatic carbocycles. The van der Waals surface area contributed by atoms with Crippen molar-refractivity contribution in [2.24, 2.45) is 5.92 Å². The summed E-state index contributed by atoms with van der Waals surface area (Å²) in [6, 6.07) is -0.465. The lowest BCUT2D eigenvalue weighted by atomic mass is 9.93. The van der Waals surface area contributed by atoms with Crippen molar-refractivity contribution in [3.05, 3.63) is 0 Å². The topological polar surface area (TPSA) is 55.8 Å². The molecule has 0 saturated carbocycles. The van der Waals surface area contributed by atoms with E-state index in [1.54, 1.807) is 7.05 Å². The highest BCUT2D eigenvalue weighted by atomic mass is 16.4. The van der Waals surface area contributed by atoms with Gasteiger partial charge in [0.2, 0.25) is 0 Å². The summed E-state index contributed by atoms with van der Waals surface area (Å²) in [7, 11) is 5.87. The molecule has 0 bridgehead atoms. The second kappa shape index (κ2) is 7.71. The van der Waals surface area contributed by atoms with E-state index in [9.17, 15) is 4.79 Å². The van der Waals surface area contributed by atoms with Gasteiger partial charge >= 0.3 is 5.97 Å². The summed E-state index contributed by atoms with van der Waals surface area (Å²) >= 11 is 0. The van der Waals surface area contributed by atoms with Crippen molar-refractivity contribution in [1.29, 1.82) is 0 Å². The summed E-state index contributed by atoms with van der Waals surface area (Å²) in [6.45, 7) is 3.95. The quantitative estimate of drug-likeness (QED) is 0.688. The van der Waals surface area contributed by atoms with Gasteiger partial charge in [-0.1, -0.05) is 0 Å². The number of hydrogen-bond acceptors (Lipinski definition) is 4. The lowest BCUT2D eigenvalue weighted by Gasteiger charge is -2.30. The number of carbonyl (C=O) groups is 1. The van der Waals surface area contributed by atoms with Crippen LogP contribution in [-0.2, 0) is 4.79 Å². The Morgan fingerprint density at radius 1 is 1.50 bits per heavy atom. The van der Waals surface area contributed by atoms with Gasteiger partial charge in [-0.15, -0.1) is 0 Å². The Morgan fingerprint density at radius 2 is 2.11 bits per heavy atom. The number of likely N-dealkylation sites (tertiary alicyclic amines) is 1. The number of piperidine rings is 1. The van der Waals surface area contributed by atoms with Gasteiger partial charge in [0, 0.05) is 6.54 Å². The third kappa shape index (κ3) is 5.33. The van der Waals surface area contributed by atoms with E-state index < -0.39 is 12.0 Å². The summed E-state index contributed by atoms with van der Waals surface area (Å²) in [4.78, 5) is 15.4. The SMILES string of the molecule is CNC(CN(C)CCC1CCN(C)CC1)C(=O)O. The number of aliphatic carboxylic acids is 1. The molecule has 0 amide bonds. The van der Waals surface area contributed by atoms with Crippen LogP contribution in [0.25, 0.3) is 0 Å².